The Hall–Kier alpha value is 0. The minimum Gasteiger partial charge on any atom is -0.0654 e. The lowest BCUT2D eigenvalue weighted by Crippen LogP contribution is -2.58. The third-order valence-corrected chi connectivity index (χ3v) is 12.4. The average Bonchev–Trinajstić information content (AvgIpc) is 2.78. The van der Waals surface area contributed by atoms with Crippen LogP contribution in [0.2, 0.25) is 0 Å². The summed E-state index contributed by atoms with van der Waals surface area (Å²) in [5.74, 6) is 10.5. The molecule has 188 valence electrons. The molecule has 0 N–H and O–H groups in total. The summed E-state index contributed by atoms with van der Waals surface area (Å²) in [4.78, 5) is 0. The molecule has 0 nitrogen and oxygen atoms in total. The van der Waals surface area contributed by atoms with Crippen LogP contribution in [0.4, 0.5) is 0 Å². The zero-order chi connectivity index (χ0) is 23.6. The number of hydrogen-bond donors (Lipinski definition) is 0. The second-order valence-corrected chi connectivity index (χ2v) is 13.3. The highest BCUT2D eigenvalue weighted by molar-refractivity contribution is 5.09. The van der Waals surface area contributed by atoms with Gasteiger partial charge in [0, 0.05) is 0 Å². The van der Waals surface area contributed by atoms with Crippen LogP contribution in [0.15, 0.2) is 0 Å². The maximum atomic E-state index is 2.69. The van der Waals surface area contributed by atoms with E-state index >= 15 is 0 Å². The van der Waals surface area contributed by atoms with Crippen LogP contribution in [0.25, 0.3) is 0 Å². The van der Waals surface area contributed by atoms with E-state index in [4.69, 9.17) is 0 Å². The predicted molar refractivity (Wildman–Crippen MR) is 143 cm³/mol. The van der Waals surface area contributed by atoms with Gasteiger partial charge in [0.2, 0.25) is 0 Å². The SMILES string of the molecule is CCCC1CC2CCC2CC2(CC)CC(C(CC)C(C)C(C)CC)C2C(CC)C(C)C1C. The summed E-state index contributed by atoms with van der Waals surface area (Å²) in [5.41, 5.74) is 0.669. The third-order valence-electron chi connectivity index (χ3n) is 12.4. The van der Waals surface area contributed by atoms with E-state index in [-0.39, 0.29) is 0 Å². The Balaban J connectivity index is 1.97. The van der Waals surface area contributed by atoms with Crippen LogP contribution in [-0.4, -0.2) is 0 Å². The molecule has 0 aromatic carbocycles. The molecule has 0 saturated heterocycles. The highest BCUT2D eigenvalue weighted by Gasteiger charge is 2.60. The van der Waals surface area contributed by atoms with Gasteiger partial charge in [0.15, 0.2) is 0 Å². The summed E-state index contributed by atoms with van der Waals surface area (Å²) >= 11 is 0. The summed E-state index contributed by atoms with van der Waals surface area (Å²) in [7, 11) is 0. The lowest BCUT2D eigenvalue weighted by Gasteiger charge is -2.65. The molecule has 0 spiro atoms. The Labute approximate surface area is 203 Å². The van der Waals surface area contributed by atoms with Gasteiger partial charge in [-0.25, -0.2) is 0 Å². The standard InChI is InChI=1S/C32H60/c1-10-15-25-18-26-16-17-27(26)19-32(14-5)20-30(28(12-3)22(7)21(6)11-2)31(32)29(13-4)24(9)23(25)8/h21-31H,10-20H2,1-9H3. The van der Waals surface area contributed by atoms with Crippen LogP contribution in [0.3, 0.4) is 0 Å². The van der Waals surface area contributed by atoms with E-state index in [1.54, 1.807) is 32.1 Å². The van der Waals surface area contributed by atoms with Crippen molar-refractivity contribution in [3.8, 4) is 0 Å². The van der Waals surface area contributed by atoms with E-state index in [9.17, 15) is 0 Å². The first-order chi connectivity index (χ1) is 15.3. The fraction of sp³-hybridized carbons (Fsp3) is 1.00. The third kappa shape index (κ3) is 4.73. The van der Waals surface area contributed by atoms with Crippen LogP contribution in [0.5, 0.6) is 0 Å². The Kier molecular flexibility index (Phi) is 9.28. The van der Waals surface area contributed by atoms with Crippen molar-refractivity contribution in [2.75, 3.05) is 0 Å². The second-order valence-electron chi connectivity index (χ2n) is 13.3. The Bertz CT molecular complexity index is 564. The van der Waals surface area contributed by atoms with Crippen molar-refractivity contribution in [2.45, 2.75) is 133 Å². The molecule has 0 heteroatoms. The molecular weight excluding hydrogens is 384 g/mol. The van der Waals surface area contributed by atoms with Crippen molar-refractivity contribution in [3.05, 3.63) is 0 Å². The minimum absolute atomic E-state index is 0.669. The van der Waals surface area contributed by atoms with Gasteiger partial charge in [-0.3, -0.25) is 0 Å². The van der Waals surface area contributed by atoms with Crippen LogP contribution < -0.4 is 0 Å². The number of fused-ring (bicyclic) bond motifs is 2. The van der Waals surface area contributed by atoms with E-state index in [2.05, 4.69) is 62.3 Å². The van der Waals surface area contributed by atoms with E-state index in [1.165, 1.54) is 38.5 Å². The van der Waals surface area contributed by atoms with E-state index in [0.717, 1.165) is 65.1 Å². The van der Waals surface area contributed by atoms with Crippen LogP contribution in [0, 0.1) is 70.5 Å². The van der Waals surface area contributed by atoms with Gasteiger partial charge in [0.25, 0.3) is 0 Å². The highest BCUT2D eigenvalue weighted by atomic mass is 14.6. The Morgan fingerprint density at radius 3 is 2.03 bits per heavy atom. The number of hydrogen-bond acceptors (Lipinski definition) is 0. The van der Waals surface area contributed by atoms with E-state index < -0.39 is 0 Å². The van der Waals surface area contributed by atoms with Gasteiger partial charge in [-0.1, -0.05) is 101 Å². The normalized spacial score (nSPS) is 44.9. The molecule has 12 unspecified atom stereocenters. The Morgan fingerprint density at radius 2 is 1.53 bits per heavy atom. The van der Waals surface area contributed by atoms with Crippen molar-refractivity contribution in [1.29, 1.82) is 0 Å². The lowest BCUT2D eigenvalue weighted by molar-refractivity contribution is -0.165. The molecule has 0 aromatic rings. The van der Waals surface area contributed by atoms with Crippen molar-refractivity contribution < 1.29 is 0 Å². The van der Waals surface area contributed by atoms with Crippen molar-refractivity contribution >= 4 is 0 Å². The monoisotopic (exact) mass is 444 g/mol. The summed E-state index contributed by atoms with van der Waals surface area (Å²) in [6.07, 6.45) is 16.2. The lowest BCUT2D eigenvalue weighted by atomic mass is 9.40. The maximum absolute atomic E-state index is 2.69. The van der Waals surface area contributed by atoms with Crippen LogP contribution in [0.1, 0.15) is 133 Å². The van der Waals surface area contributed by atoms with E-state index in [1.807, 2.05) is 0 Å². The molecule has 0 radical (unpaired) electrons. The van der Waals surface area contributed by atoms with Gasteiger partial charge in [-0.2, -0.15) is 0 Å². The summed E-state index contributed by atoms with van der Waals surface area (Å²) in [6.45, 7) is 23.0. The molecule has 0 amide bonds. The molecule has 3 rings (SSSR count). The molecule has 3 aliphatic rings. The Morgan fingerprint density at radius 1 is 0.844 bits per heavy atom. The summed E-state index contributed by atoms with van der Waals surface area (Å²) in [5, 5.41) is 0. The van der Waals surface area contributed by atoms with Gasteiger partial charge in [0.05, 0.1) is 0 Å². The fourth-order valence-electron chi connectivity index (χ4n) is 9.68. The topological polar surface area (TPSA) is 0 Å². The van der Waals surface area contributed by atoms with Gasteiger partial charge in [-0.15, -0.1) is 0 Å². The molecule has 12 atom stereocenters. The molecule has 32 heavy (non-hydrogen) atoms. The second kappa shape index (κ2) is 11.2. The summed E-state index contributed by atoms with van der Waals surface area (Å²) in [6, 6.07) is 0. The highest BCUT2D eigenvalue weighted by Crippen LogP contribution is 2.67. The maximum Gasteiger partial charge on any atom is -0.0261 e. The van der Waals surface area contributed by atoms with Crippen LogP contribution in [-0.2, 0) is 0 Å². The molecule has 0 aliphatic heterocycles. The van der Waals surface area contributed by atoms with Crippen molar-refractivity contribution in [2.24, 2.45) is 70.5 Å². The molecule has 3 aliphatic carbocycles. The largest absolute Gasteiger partial charge is 0.0654 e. The van der Waals surface area contributed by atoms with Gasteiger partial charge >= 0.3 is 0 Å². The minimum atomic E-state index is 0.669. The molecular formula is C32H60. The first kappa shape index (κ1) is 26.6. The number of rotatable bonds is 9. The first-order valence-electron chi connectivity index (χ1n) is 15.3. The van der Waals surface area contributed by atoms with Gasteiger partial charge in [0.1, 0.15) is 0 Å². The first-order valence-corrected chi connectivity index (χ1v) is 15.3. The molecule has 3 fully saturated rings. The predicted octanol–water partition coefficient (Wildman–Crippen LogP) is 10.3. The quantitative estimate of drug-likeness (QED) is 0.332. The fourth-order valence-corrected chi connectivity index (χ4v) is 9.68. The molecule has 0 heterocycles. The molecule has 0 bridgehead atoms. The van der Waals surface area contributed by atoms with Gasteiger partial charge < -0.3 is 0 Å². The molecule has 3 saturated carbocycles. The zero-order valence-electron chi connectivity index (χ0n) is 23.6. The average molecular weight is 445 g/mol. The molecule has 0 aromatic heterocycles. The summed E-state index contributed by atoms with van der Waals surface area (Å²) < 4.78 is 0. The van der Waals surface area contributed by atoms with Crippen molar-refractivity contribution in [1.82, 2.24) is 0 Å². The van der Waals surface area contributed by atoms with Gasteiger partial charge in [-0.05, 0) is 103 Å². The van der Waals surface area contributed by atoms with Crippen molar-refractivity contribution in [3.63, 3.8) is 0 Å². The van der Waals surface area contributed by atoms with E-state index in [0.29, 0.717) is 5.41 Å². The smallest absolute Gasteiger partial charge is 0.0261 e. The van der Waals surface area contributed by atoms with Crippen LogP contribution >= 0.6 is 0 Å². The zero-order valence-corrected chi connectivity index (χ0v) is 23.6.